The molecule has 0 bridgehead atoms. The van der Waals surface area contributed by atoms with Crippen molar-refractivity contribution < 1.29 is 19.5 Å². The first-order valence-electron chi connectivity index (χ1n) is 9.70. The van der Waals surface area contributed by atoms with E-state index < -0.39 is 29.5 Å². The molecule has 4 aliphatic rings. The van der Waals surface area contributed by atoms with Gasteiger partial charge in [-0.25, -0.2) is 0 Å². The van der Waals surface area contributed by atoms with Gasteiger partial charge in [-0.2, -0.15) is 0 Å². The minimum Gasteiger partial charge on any atom is -0.392 e. The van der Waals surface area contributed by atoms with E-state index in [4.69, 9.17) is 0 Å². The van der Waals surface area contributed by atoms with Crippen molar-refractivity contribution in [2.24, 2.45) is 11.8 Å². The Bertz CT molecular complexity index is 847. The molecule has 3 aliphatic heterocycles. The molecule has 3 amide bonds. The van der Waals surface area contributed by atoms with E-state index in [1.807, 2.05) is 18.2 Å². The molecule has 3 N–H and O–H groups in total. The second-order valence-electron chi connectivity index (χ2n) is 8.21. The van der Waals surface area contributed by atoms with Crippen molar-refractivity contribution in [2.75, 3.05) is 5.32 Å². The van der Waals surface area contributed by atoms with Gasteiger partial charge in [-0.3, -0.25) is 24.6 Å². The third-order valence-electron chi connectivity index (χ3n) is 6.80. The smallest absolute Gasteiger partial charge is 0.250 e. The molecule has 1 spiro atoms. The van der Waals surface area contributed by atoms with Crippen LogP contribution >= 0.6 is 0 Å². The normalized spacial score (nSPS) is 36.4. The van der Waals surface area contributed by atoms with Gasteiger partial charge < -0.3 is 10.4 Å². The summed E-state index contributed by atoms with van der Waals surface area (Å²) in [5.74, 6) is -2.40. The first-order valence-corrected chi connectivity index (χ1v) is 9.70. The van der Waals surface area contributed by atoms with Gasteiger partial charge in [0, 0.05) is 23.3 Å². The molecule has 5 rings (SSSR count). The van der Waals surface area contributed by atoms with Gasteiger partial charge in [-0.05, 0) is 25.8 Å². The molecule has 142 valence electrons. The minimum absolute atomic E-state index is 0.0815. The Morgan fingerprint density at radius 3 is 2.56 bits per heavy atom. The molecule has 7 heteroatoms. The second-order valence-corrected chi connectivity index (χ2v) is 8.21. The zero-order chi connectivity index (χ0) is 18.9. The summed E-state index contributed by atoms with van der Waals surface area (Å²) in [6.45, 7) is 1.60. The van der Waals surface area contributed by atoms with Gasteiger partial charge in [-0.1, -0.05) is 31.0 Å². The number of fused-ring (bicyclic) bond motifs is 4. The fourth-order valence-corrected chi connectivity index (χ4v) is 5.65. The highest BCUT2D eigenvalue weighted by Crippen LogP contribution is 2.54. The molecule has 3 fully saturated rings. The van der Waals surface area contributed by atoms with Crippen molar-refractivity contribution in [1.82, 2.24) is 10.2 Å². The highest BCUT2D eigenvalue weighted by molar-refractivity contribution is 6.15. The average molecular weight is 369 g/mol. The Morgan fingerprint density at radius 1 is 1.15 bits per heavy atom. The Hall–Kier alpha value is -2.25. The fourth-order valence-electron chi connectivity index (χ4n) is 5.65. The molecule has 7 nitrogen and oxygen atoms in total. The lowest BCUT2D eigenvalue weighted by molar-refractivity contribution is -0.145. The number of para-hydroxylation sites is 1. The lowest BCUT2D eigenvalue weighted by atomic mass is 9.76. The van der Waals surface area contributed by atoms with Gasteiger partial charge in [0.1, 0.15) is 5.54 Å². The van der Waals surface area contributed by atoms with E-state index in [9.17, 15) is 19.5 Å². The highest BCUT2D eigenvalue weighted by Gasteiger charge is 2.71. The van der Waals surface area contributed by atoms with E-state index >= 15 is 0 Å². The molecule has 5 atom stereocenters. The van der Waals surface area contributed by atoms with E-state index in [1.54, 1.807) is 13.0 Å². The van der Waals surface area contributed by atoms with Crippen molar-refractivity contribution in [3.63, 3.8) is 0 Å². The number of hydrogen-bond acceptors (Lipinski definition) is 5. The third-order valence-corrected chi connectivity index (χ3v) is 6.80. The standard InChI is InChI=1S/C20H23N3O4/c1-10(24)16-14-15(18(26)23(17(14)25)11-6-2-3-7-11)20(22-16)12-8-4-5-9-13(12)21-19(20)27/h4-5,8-11,14-16,22,24H,2-3,6-7H2,1H3,(H,21,27)/t10-,14+,15-,16+,20-/m1/s1. The molecule has 0 unspecified atom stereocenters. The van der Waals surface area contributed by atoms with Gasteiger partial charge in [0.05, 0.1) is 17.9 Å². The molecule has 1 saturated carbocycles. The maximum atomic E-state index is 13.5. The maximum Gasteiger partial charge on any atom is 0.250 e. The summed E-state index contributed by atoms with van der Waals surface area (Å²) in [6.07, 6.45) is 2.78. The summed E-state index contributed by atoms with van der Waals surface area (Å²) in [4.78, 5) is 41.3. The second kappa shape index (κ2) is 5.62. The van der Waals surface area contributed by atoms with Crippen molar-refractivity contribution >= 4 is 23.4 Å². The van der Waals surface area contributed by atoms with Gasteiger partial charge >= 0.3 is 0 Å². The molecule has 27 heavy (non-hydrogen) atoms. The van der Waals surface area contributed by atoms with Crippen LogP contribution in [0.1, 0.15) is 38.2 Å². The van der Waals surface area contributed by atoms with E-state index in [0.717, 1.165) is 25.7 Å². The Morgan fingerprint density at radius 2 is 1.85 bits per heavy atom. The molecular formula is C20H23N3O4. The molecular weight excluding hydrogens is 346 g/mol. The Balaban J connectivity index is 1.66. The first-order chi connectivity index (χ1) is 13.0. The van der Waals surface area contributed by atoms with E-state index in [2.05, 4.69) is 10.6 Å². The van der Waals surface area contributed by atoms with Crippen LogP contribution in [0, 0.1) is 11.8 Å². The SMILES string of the molecule is C[C@@H](O)[C@@H]1N[C@@]2(C(=O)Nc3ccccc32)[C@H]2C(=O)N(C3CCCC3)C(=O)[C@H]12. The van der Waals surface area contributed by atoms with Crippen LogP contribution in [0.5, 0.6) is 0 Å². The zero-order valence-corrected chi connectivity index (χ0v) is 15.1. The number of nitrogens with zero attached hydrogens (tertiary/aromatic N) is 1. The number of anilines is 1. The van der Waals surface area contributed by atoms with Crippen LogP contribution in [0.15, 0.2) is 24.3 Å². The van der Waals surface area contributed by atoms with Crippen LogP contribution in [-0.4, -0.2) is 45.9 Å². The molecule has 3 heterocycles. The predicted octanol–water partition coefficient (Wildman–Crippen LogP) is 0.730. The first kappa shape index (κ1) is 16.9. The van der Waals surface area contributed by atoms with Gasteiger partial charge in [0.15, 0.2) is 0 Å². The minimum atomic E-state index is -1.30. The van der Waals surface area contributed by atoms with E-state index in [-0.39, 0.29) is 23.8 Å². The largest absolute Gasteiger partial charge is 0.392 e. The van der Waals surface area contributed by atoms with Crippen molar-refractivity contribution in [3.8, 4) is 0 Å². The Labute approximate surface area is 157 Å². The van der Waals surface area contributed by atoms with Crippen LogP contribution in [0.2, 0.25) is 0 Å². The maximum absolute atomic E-state index is 13.5. The van der Waals surface area contributed by atoms with Crippen LogP contribution in [0.4, 0.5) is 5.69 Å². The van der Waals surface area contributed by atoms with Crippen LogP contribution in [0.25, 0.3) is 0 Å². The summed E-state index contributed by atoms with van der Waals surface area (Å²) < 4.78 is 0. The number of aliphatic hydroxyl groups is 1. The lowest BCUT2D eigenvalue weighted by Gasteiger charge is -2.31. The molecule has 0 aromatic heterocycles. The Kier molecular flexibility index (Phi) is 3.52. The number of hydrogen-bond donors (Lipinski definition) is 3. The quantitative estimate of drug-likeness (QED) is 0.668. The van der Waals surface area contributed by atoms with Gasteiger partial charge in [-0.15, -0.1) is 0 Å². The highest BCUT2D eigenvalue weighted by atomic mass is 16.3. The number of amides is 3. The number of rotatable bonds is 2. The van der Waals surface area contributed by atoms with Crippen molar-refractivity contribution in [3.05, 3.63) is 29.8 Å². The fraction of sp³-hybridized carbons (Fsp3) is 0.550. The van der Waals surface area contributed by atoms with Crippen LogP contribution in [0.3, 0.4) is 0 Å². The summed E-state index contributed by atoms with van der Waals surface area (Å²) in [5.41, 5.74) is 0.0327. The van der Waals surface area contributed by atoms with E-state index in [0.29, 0.717) is 11.3 Å². The van der Waals surface area contributed by atoms with Crippen LogP contribution < -0.4 is 10.6 Å². The summed E-state index contributed by atoms with van der Waals surface area (Å²) in [7, 11) is 0. The van der Waals surface area contributed by atoms with Gasteiger partial charge in [0.25, 0.3) is 0 Å². The average Bonchev–Trinajstić information content (AvgIpc) is 3.37. The van der Waals surface area contributed by atoms with E-state index in [1.165, 1.54) is 4.90 Å². The topological polar surface area (TPSA) is 98.7 Å². The number of aliphatic hydroxyl groups excluding tert-OH is 1. The van der Waals surface area contributed by atoms with Crippen molar-refractivity contribution in [2.45, 2.75) is 56.3 Å². The monoisotopic (exact) mass is 369 g/mol. The van der Waals surface area contributed by atoms with Crippen molar-refractivity contribution in [1.29, 1.82) is 0 Å². The van der Waals surface area contributed by atoms with Gasteiger partial charge in [0.2, 0.25) is 17.7 Å². The third kappa shape index (κ3) is 2.01. The number of imide groups is 1. The molecule has 1 aliphatic carbocycles. The summed E-state index contributed by atoms with van der Waals surface area (Å²) in [5, 5.41) is 16.4. The number of nitrogens with one attached hydrogen (secondary N) is 2. The lowest BCUT2D eigenvalue weighted by Crippen LogP contribution is -2.55. The number of likely N-dealkylation sites (tertiary alicyclic amines) is 1. The number of carbonyl (C=O) groups excluding carboxylic acids is 3. The molecule has 0 radical (unpaired) electrons. The summed E-state index contributed by atoms with van der Waals surface area (Å²) in [6, 6.07) is 6.53. The molecule has 1 aromatic carbocycles. The summed E-state index contributed by atoms with van der Waals surface area (Å²) >= 11 is 0. The number of carbonyl (C=O) groups is 3. The van der Waals surface area contributed by atoms with Crippen LogP contribution in [-0.2, 0) is 19.9 Å². The predicted molar refractivity (Wildman–Crippen MR) is 96.4 cm³/mol. The zero-order valence-electron chi connectivity index (χ0n) is 15.1. The molecule has 1 aromatic rings. The number of benzene rings is 1. The molecule has 2 saturated heterocycles.